The molecule has 0 atom stereocenters. The van der Waals surface area contributed by atoms with Crippen molar-refractivity contribution in [3.05, 3.63) is 199 Å². The van der Waals surface area contributed by atoms with Crippen LogP contribution in [-0.2, 0) is 5.41 Å². The second-order valence-corrected chi connectivity index (χ2v) is 15.2. The van der Waals surface area contributed by atoms with Crippen LogP contribution in [0.1, 0.15) is 23.6 Å². The van der Waals surface area contributed by atoms with E-state index in [2.05, 4.69) is 194 Å². The monoisotopic (exact) mass is 695 g/mol. The van der Waals surface area contributed by atoms with Crippen molar-refractivity contribution >= 4 is 70.5 Å². The smallest absolute Gasteiger partial charge is 0.141 e. The summed E-state index contributed by atoms with van der Waals surface area (Å²) in [6, 6.07) is 66.1. The van der Waals surface area contributed by atoms with Gasteiger partial charge in [0, 0.05) is 42.9 Å². The number of nitrogens with zero attached hydrogens (tertiary/aromatic N) is 1. The first-order valence-electron chi connectivity index (χ1n) is 18.2. The molecule has 0 spiro atoms. The predicted octanol–water partition coefficient (Wildman–Crippen LogP) is 14.4. The third-order valence-electron chi connectivity index (χ3n) is 11.3. The Hall–Kier alpha value is -6.42. The van der Waals surface area contributed by atoms with Crippen LogP contribution in [0.2, 0.25) is 0 Å². The van der Waals surface area contributed by atoms with Crippen molar-refractivity contribution in [1.82, 2.24) is 0 Å². The average molecular weight is 696 g/mol. The quantitative estimate of drug-likeness (QED) is 0.178. The lowest BCUT2D eigenvalue weighted by Crippen LogP contribution is -2.26. The molecule has 0 bridgehead atoms. The molecule has 3 heteroatoms. The Morgan fingerprint density at radius 1 is 0.472 bits per heavy atom. The Morgan fingerprint density at radius 2 is 1.09 bits per heavy atom. The van der Waals surface area contributed by atoms with Crippen LogP contribution in [-0.4, -0.2) is 0 Å². The fourth-order valence-corrected chi connectivity index (χ4v) is 10.1. The summed E-state index contributed by atoms with van der Waals surface area (Å²) in [5.41, 5.74) is 13.3. The molecule has 1 aliphatic rings. The summed E-state index contributed by atoms with van der Waals surface area (Å²) in [5.74, 6) is 0. The van der Waals surface area contributed by atoms with Crippen LogP contribution in [0.15, 0.2) is 186 Å². The summed E-state index contributed by atoms with van der Waals surface area (Å²) in [6.45, 7) is 2.40. The molecule has 0 saturated heterocycles. The first kappa shape index (κ1) is 30.2. The molecule has 0 N–H and O–H groups in total. The molecule has 0 radical (unpaired) electrons. The summed E-state index contributed by atoms with van der Waals surface area (Å²) in [4.78, 5) is 2.49. The average Bonchev–Trinajstić information content (AvgIpc) is 3.88. The number of hydrogen-bond donors (Lipinski definition) is 0. The molecule has 53 heavy (non-hydrogen) atoms. The van der Waals surface area contributed by atoms with Gasteiger partial charge in [0.05, 0.1) is 16.1 Å². The van der Waals surface area contributed by atoms with Crippen LogP contribution in [0, 0.1) is 0 Å². The number of benzene rings is 8. The van der Waals surface area contributed by atoms with Crippen LogP contribution in [0.25, 0.3) is 64.4 Å². The van der Waals surface area contributed by atoms with Gasteiger partial charge in [-0.2, -0.15) is 0 Å². The highest BCUT2D eigenvalue weighted by molar-refractivity contribution is 7.26. The van der Waals surface area contributed by atoms with Crippen molar-refractivity contribution in [3.63, 3.8) is 0 Å². The van der Waals surface area contributed by atoms with Crippen LogP contribution in [0.3, 0.4) is 0 Å². The minimum absolute atomic E-state index is 0.522. The molecule has 0 unspecified atom stereocenters. The molecule has 8 aromatic carbocycles. The van der Waals surface area contributed by atoms with Crippen LogP contribution >= 0.6 is 11.3 Å². The third kappa shape index (κ3) is 4.38. The van der Waals surface area contributed by atoms with Crippen molar-refractivity contribution < 1.29 is 4.42 Å². The Labute approximate surface area is 311 Å². The Bertz CT molecular complexity index is 2980. The number of rotatable bonds is 5. The number of fused-ring (bicyclic) bond motifs is 9. The maximum absolute atomic E-state index is 7.04. The highest BCUT2D eigenvalue weighted by Gasteiger charge is 2.45. The standard InChI is InChI=1S/C50H33NOS/c1-50(41-21-9-5-16-35(41)36-17-6-10-22-42(36)50)47-43(31-30-39-37-18-7-11-24-45(37)52-48(39)47)51(34-28-26-33(27-29-34)32-14-3-2-4-15-32)44-23-13-20-40-38-19-8-12-25-46(38)53-49(40)44/h2-31H,1H3. The van der Waals surface area contributed by atoms with Crippen molar-refractivity contribution in [2.45, 2.75) is 12.3 Å². The summed E-state index contributed by atoms with van der Waals surface area (Å²) in [5, 5.41) is 4.81. The van der Waals surface area contributed by atoms with E-state index in [9.17, 15) is 0 Å². The summed E-state index contributed by atoms with van der Waals surface area (Å²) >= 11 is 1.86. The van der Waals surface area contributed by atoms with E-state index in [1.807, 2.05) is 11.3 Å². The van der Waals surface area contributed by atoms with Gasteiger partial charge in [0.1, 0.15) is 11.2 Å². The van der Waals surface area contributed by atoms with Gasteiger partial charge in [-0.15, -0.1) is 11.3 Å². The van der Waals surface area contributed by atoms with Gasteiger partial charge in [0.15, 0.2) is 0 Å². The minimum Gasteiger partial charge on any atom is -0.456 e. The van der Waals surface area contributed by atoms with Crippen LogP contribution in [0.5, 0.6) is 0 Å². The Kier molecular flexibility index (Phi) is 6.58. The van der Waals surface area contributed by atoms with E-state index in [0.29, 0.717) is 0 Å². The molecule has 1 aliphatic carbocycles. The van der Waals surface area contributed by atoms with E-state index in [1.165, 1.54) is 53.6 Å². The molecule has 11 rings (SSSR count). The Balaban J connectivity index is 1.27. The molecular weight excluding hydrogens is 663 g/mol. The van der Waals surface area contributed by atoms with Gasteiger partial charge in [-0.05, 0) is 82.8 Å². The summed E-state index contributed by atoms with van der Waals surface area (Å²) in [7, 11) is 0. The fourth-order valence-electron chi connectivity index (χ4n) is 8.92. The van der Waals surface area contributed by atoms with Crippen LogP contribution < -0.4 is 4.90 Å². The SMILES string of the molecule is CC1(c2c(N(c3ccc(-c4ccccc4)cc3)c3cccc4c3sc3ccccc34)ccc3c2oc2ccccc23)c2ccccc2-c2ccccc21. The second kappa shape index (κ2) is 11.5. The van der Waals surface area contributed by atoms with E-state index in [-0.39, 0.29) is 0 Å². The summed E-state index contributed by atoms with van der Waals surface area (Å²) < 4.78 is 9.59. The number of para-hydroxylation sites is 1. The summed E-state index contributed by atoms with van der Waals surface area (Å²) in [6.07, 6.45) is 0. The molecule has 2 nitrogen and oxygen atoms in total. The highest BCUT2D eigenvalue weighted by Crippen LogP contribution is 2.58. The van der Waals surface area contributed by atoms with E-state index in [0.717, 1.165) is 44.6 Å². The maximum atomic E-state index is 7.04. The van der Waals surface area contributed by atoms with Crippen molar-refractivity contribution in [3.8, 4) is 22.3 Å². The highest BCUT2D eigenvalue weighted by atomic mass is 32.1. The maximum Gasteiger partial charge on any atom is 0.141 e. The lowest BCUT2D eigenvalue weighted by atomic mass is 9.72. The molecule has 10 aromatic rings. The van der Waals surface area contributed by atoms with E-state index < -0.39 is 5.41 Å². The second-order valence-electron chi connectivity index (χ2n) is 14.2. The van der Waals surface area contributed by atoms with Gasteiger partial charge in [-0.25, -0.2) is 0 Å². The molecule has 0 saturated carbocycles. The van der Waals surface area contributed by atoms with Gasteiger partial charge >= 0.3 is 0 Å². The van der Waals surface area contributed by atoms with Crippen molar-refractivity contribution in [2.24, 2.45) is 0 Å². The van der Waals surface area contributed by atoms with E-state index in [1.54, 1.807) is 0 Å². The molecule has 2 heterocycles. The number of hydrogen-bond acceptors (Lipinski definition) is 3. The lowest BCUT2D eigenvalue weighted by molar-refractivity contribution is 0.638. The van der Waals surface area contributed by atoms with Gasteiger partial charge in [0.2, 0.25) is 0 Å². The topological polar surface area (TPSA) is 16.4 Å². The largest absolute Gasteiger partial charge is 0.456 e. The van der Waals surface area contributed by atoms with Gasteiger partial charge in [0.25, 0.3) is 0 Å². The molecule has 250 valence electrons. The molecular formula is C50H33NOS. The fraction of sp³-hybridized carbons (Fsp3) is 0.0400. The molecule has 0 aliphatic heterocycles. The first-order valence-corrected chi connectivity index (χ1v) is 19.0. The number of furan rings is 1. The first-order chi connectivity index (χ1) is 26.2. The lowest BCUT2D eigenvalue weighted by Gasteiger charge is -2.35. The van der Waals surface area contributed by atoms with Gasteiger partial charge in [-0.3, -0.25) is 0 Å². The van der Waals surface area contributed by atoms with E-state index >= 15 is 0 Å². The zero-order valence-electron chi connectivity index (χ0n) is 29.1. The van der Waals surface area contributed by atoms with Crippen LogP contribution in [0.4, 0.5) is 17.1 Å². The predicted molar refractivity (Wildman–Crippen MR) is 224 cm³/mol. The molecule has 2 aromatic heterocycles. The Morgan fingerprint density at radius 3 is 1.87 bits per heavy atom. The van der Waals surface area contributed by atoms with Gasteiger partial charge < -0.3 is 9.32 Å². The number of thiophene rings is 1. The normalized spacial score (nSPS) is 13.2. The molecule has 0 amide bonds. The third-order valence-corrected chi connectivity index (χ3v) is 12.6. The zero-order chi connectivity index (χ0) is 35.1. The van der Waals surface area contributed by atoms with E-state index in [4.69, 9.17) is 4.42 Å². The van der Waals surface area contributed by atoms with Gasteiger partial charge in [-0.1, -0.05) is 140 Å². The van der Waals surface area contributed by atoms with Crippen molar-refractivity contribution in [1.29, 1.82) is 0 Å². The minimum atomic E-state index is -0.522. The van der Waals surface area contributed by atoms with Crippen molar-refractivity contribution in [2.75, 3.05) is 4.90 Å². The molecule has 0 fully saturated rings. The zero-order valence-corrected chi connectivity index (χ0v) is 29.9. The number of anilines is 3.